The lowest BCUT2D eigenvalue weighted by Crippen LogP contribution is -2.31. The summed E-state index contributed by atoms with van der Waals surface area (Å²) in [6.45, 7) is 3.80. The van der Waals surface area contributed by atoms with E-state index in [4.69, 9.17) is 22.3 Å². The molecule has 0 aromatic carbocycles. The average Bonchev–Trinajstić information content (AvgIpc) is 2.34. The predicted octanol–water partition coefficient (Wildman–Crippen LogP) is 1.39. The van der Waals surface area contributed by atoms with Crippen LogP contribution in [-0.2, 0) is 19.1 Å². The molecule has 0 aliphatic carbocycles. The van der Waals surface area contributed by atoms with Gasteiger partial charge in [-0.15, -0.1) is 18.8 Å². The molecule has 0 N–H and O–H groups in total. The van der Waals surface area contributed by atoms with E-state index in [-0.39, 0.29) is 13.2 Å². The van der Waals surface area contributed by atoms with Crippen molar-refractivity contribution >= 4 is 11.9 Å². The zero-order valence-corrected chi connectivity index (χ0v) is 10.8. The van der Waals surface area contributed by atoms with Gasteiger partial charge in [0.25, 0.3) is 0 Å². The molecule has 0 fully saturated rings. The van der Waals surface area contributed by atoms with E-state index < -0.39 is 23.8 Å². The summed E-state index contributed by atoms with van der Waals surface area (Å²) in [6.07, 6.45) is 11.1. The molecule has 0 radical (unpaired) electrons. The molecule has 0 rings (SSSR count). The fourth-order valence-corrected chi connectivity index (χ4v) is 1.49. The van der Waals surface area contributed by atoms with Crippen LogP contribution in [-0.4, -0.2) is 25.2 Å². The summed E-state index contributed by atoms with van der Waals surface area (Å²) in [6, 6.07) is 0. The van der Waals surface area contributed by atoms with E-state index in [0.717, 1.165) is 0 Å². The first kappa shape index (κ1) is 16.1. The molecule has 2 atom stereocenters. The molecule has 18 heavy (non-hydrogen) atoms. The number of hydrogen-bond acceptors (Lipinski definition) is 4. The second kappa shape index (κ2) is 9.13. The minimum absolute atomic E-state index is 0.210. The molecule has 0 bridgehead atoms. The van der Waals surface area contributed by atoms with Crippen LogP contribution in [0.25, 0.3) is 0 Å². The molecular formula is C14H18O4. The van der Waals surface area contributed by atoms with E-state index >= 15 is 0 Å². The summed E-state index contributed by atoms with van der Waals surface area (Å²) in [4.78, 5) is 23.4. The first-order chi connectivity index (χ1) is 8.62. The molecule has 0 aromatic heterocycles. The van der Waals surface area contributed by atoms with Crippen molar-refractivity contribution < 1.29 is 19.1 Å². The van der Waals surface area contributed by atoms with Crippen molar-refractivity contribution in [3.05, 3.63) is 0 Å². The number of carbonyl (C=O) groups excluding carboxylic acids is 2. The van der Waals surface area contributed by atoms with Crippen LogP contribution in [0.5, 0.6) is 0 Å². The highest BCUT2D eigenvalue weighted by molar-refractivity contribution is 5.84. The zero-order chi connectivity index (χ0) is 14.0. The molecule has 0 saturated carbocycles. The standard InChI is InChI=1S/C14H18O4/c1-5-9-10-12(14(16)18-8-4)11(6-2)13(15)17-7-3/h1-2,11-12H,7-10H2,3-4H3. The Morgan fingerprint density at radius 1 is 1.11 bits per heavy atom. The largest absolute Gasteiger partial charge is 0.466 e. The zero-order valence-electron chi connectivity index (χ0n) is 10.8. The van der Waals surface area contributed by atoms with Crippen LogP contribution in [0.4, 0.5) is 0 Å². The van der Waals surface area contributed by atoms with Gasteiger partial charge in [-0.25, -0.2) is 0 Å². The Kier molecular flexibility index (Phi) is 8.14. The third-order valence-corrected chi connectivity index (χ3v) is 2.31. The van der Waals surface area contributed by atoms with Crippen LogP contribution in [0.15, 0.2) is 0 Å². The van der Waals surface area contributed by atoms with Gasteiger partial charge in [0.1, 0.15) is 5.92 Å². The van der Waals surface area contributed by atoms with E-state index in [1.54, 1.807) is 13.8 Å². The molecule has 2 unspecified atom stereocenters. The molecule has 0 aromatic rings. The van der Waals surface area contributed by atoms with Gasteiger partial charge in [-0.05, 0) is 20.3 Å². The molecule has 0 heterocycles. The van der Waals surface area contributed by atoms with Crippen LogP contribution in [0.2, 0.25) is 0 Å². The van der Waals surface area contributed by atoms with E-state index in [1.807, 2.05) is 0 Å². The maximum atomic E-state index is 11.8. The smallest absolute Gasteiger partial charge is 0.321 e. The minimum Gasteiger partial charge on any atom is -0.466 e. The average molecular weight is 250 g/mol. The Morgan fingerprint density at radius 3 is 2.11 bits per heavy atom. The lowest BCUT2D eigenvalue weighted by atomic mass is 9.89. The number of esters is 2. The van der Waals surface area contributed by atoms with Crippen LogP contribution < -0.4 is 0 Å². The summed E-state index contributed by atoms with van der Waals surface area (Å²) in [5, 5.41) is 0. The van der Waals surface area contributed by atoms with E-state index in [1.165, 1.54) is 0 Å². The van der Waals surface area contributed by atoms with Crippen molar-refractivity contribution in [3.8, 4) is 24.7 Å². The molecule has 4 heteroatoms. The van der Waals surface area contributed by atoms with Crippen molar-refractivity contribution in [1.82, 2.24) is 0 Å². The molecule has 0 saturated heterocycles. The molecule has 0 aliphatic rings. The third-order valence-electron chi connectivity index (χ3n) is 2.31. The summed E-state index contributed by atoms with van der Waals surface area (Å²) in [5.74, 6) is 1.92. The first-order valence-electron chi connectivity index (χ1n) is 5.85. The van der Waals surface area contributed by atoms with Crippen molar-refractivity contribution in [1.29, 1.82) is 0 Å². The lowest BCUT2D eigenvalue weighted by molar-refractivity contribution is -0.158. The Hall–Kier alpha value is -1.94. The molecular weight excluding hydrogens is 232 g/mol. The highest BCUT2D eigenvalue weighted by atomic mass is 16.5. The van der Waals surface area contributed by atoms with E-state index in [0.29, 0.717) is 12.8 Å². The van der Waals surface area contributed by atoms with Crippen molar-refractivity contribution in [2.75, 3.05) is 13.2 Å². The molecule has 98 valence electrons. The van der Waals surface area contributed by atoms with Gasteiger partial charge >= 0.3 is 11.9 Å². The number of rotatable bonds is 7. The number of ether oxygens (including phenoxy) is 2. The second-order valence-corrected chi connectivity index (χ2v) is 3.50. The molecule has 0 aliphatic heterocycles. The number of terminal acetylenes is 2. The first-order valence-corrected chi connectivity index (χ1v) is 5.85. The SMILES string of the molecule is C#CCCC(C(=O)OCC)C(C#C)C(=O)OCC. The van der Waals surface area contributed by atoms with Gasteiger partial charge in [0, 0.05) is 6.42 Å². The van der Waals surface area contributed by atoms with E-state index in [2.05, 4.69) is 11.8 Å². The van der Waals surface area contributed by atoms with Gasteiger partial charge in [-0.1, -0.05) is 5.92 Å². The summed E-state index contributed by atoms with van der Waals surface area (Å²) in [5.41, 5.74) is 0. The van der Waals surface area contributed by atoms with Gasteiger partial charge in [-0.2, -0.15) is 0 Å². The van der Waals surface area contributed by atoms with Crippen molar-refractivity contribution in [3.63, 3.8) is 0 Å². The van der Waals surface area contributed by atoms with Gasteiger partial charge in [0.2, 0.25) is 0 Å². The van der Waals surface area contributed by atoms with E-state index in [9.17, 15) is 9.59 Å². The Balaban J connectivity index is 4.90. The second-order valence-electron chi connectivity index (χ2n) is 3.50. The quantitative estimate of drug-likeness (QED) is 0.506. The van der Waals surface area contributed by atoms with Crippen LogP contribution in [0, 0.1) is 36.5 Å². The lowest BCUT2D eigenvalue weighted by Gasteiger charge is -2.19. The maximum Gasteiger partial charge on any atom is 0.321 e. The van der Waals surface area contributed by atoms with Gasteiger partial charge in [0.15, 0.2) is 0 Å². The monoisotopic (exact) mass is 250 g/mol. The molecule has 4 nitrogen and oxygen atoms in total. The van der Waals surface area contributed by atoms with Crippen LogP contribution in [0.3, 0.4) is 0 Å². The summed E-state index contributed by atoms with van der Waals surface area (Å²) < 4.78 is 9.74. The predicted molar refractivity (Wildman–Crippen MR) is 67.1 cm³/mol. The minimum atomic E-state index is -0.947. The number of hydrogen-bond donors (Lipinski definition) is 0. The van der Waals surface area contributed by atoms with Gasteiger partial charge in [-0.3, -0.25) is 9.59 Å². The van der Waals surface area contributed by atoms with Gasteiger partial charge in [0.05, 0.1) is 19.1 Å². The number of carbonyl (C=O) groups is 2. The highest BCUT2D eigenvalue weighted by Crippen LogP contribution is 2.20. The summed E-state index contributed by atoms with van der Waals surface area (Å²) in [7, 11) is 0. The maximum absolute atomic E-state index is 11.8. The fraction of sp³-hybridized carbons (Fsp3) is 0.571. The highest BCUT2D eigenvalue weighted by Gasteiger charge is 2.34. The van der Waals surface area contributed by atoms with Crippen LogP contribution >= 0.6 is 0 Å². The third kappa shape index (κ3) is 4.93. The van der Waals surface area contributed by atoms with Crippen molar-refractivity contribution in [2.45, 2.75) is 26.7 Å². The normalized spacial score (nSPS) is 12.7. The van der Waals surface area contributed by atoms with Crippen molar-refractivity contribution in [2.24, 2.45) is 11.8 Å². The fourth-order valence-electron chi connectivity index (χ4n) is 1.49. The Labute approximate surface area is 108 Å². The molecule has 0 spiro atoms. The Morgan fingerprint density at radius 2 is 1.67 bits per heavy atom. The Bertz CT molecular complexity index is 359. The van der Waals surface area contributed by atoms with Crippen LogP contribution in [0.1, 0.15) is 26.7 Å². The molecule has 0 amide bonds. The summed E-state index contributed by atoms with van der Waals surface area (Å²) >= 11 is 0. The topological polar surface area (TPSA) is 52.6 Å². The van der Waals surface area contributed by atoms with Gasteiger partial charge < -0.3 is 9.47 Å².